The molecule has 0 aliphatic carbocycles. The predicted octanol–water partition coefficient (Wildman–Crippen LogP) is 2.30. The van der Waals surface area contributed by atoms with Crippen LogP contribution in [0.4, 0.5) is 17.1 Å². The van der Waals surface area contributed by atoms with E-state index in [1.165, 1.54) is 37.3 Å². The summed E-state index contributed by atoms with van der Waals surface area (Å²) in [5, 5.41) is 10.8. The van der Waals surface area contributed by atoms with Gasteiger partial charge in [0.1, 0.15) is 0 Å². The predicted molar refractivity (Wildman–Crippen MR) is 92.1 cm³/mol. The minimum Gasteiger partial charge on any atom is -0.312 e. The third-order valence-corrected chi connectivity index (χ3v) is 5.33. The number of nitrogens with one attached hydrogen (secondary N) is 1. The fourth-order valence-corrected chi connectivity index (χ4v) is 3.87. The molecule has 8 nitrogen and oxygen atoms in total. The molecule has 0 saturated heterocycles. The van der Waals surface area contributed by atoms with Crippen molar-refractivity contribution in [3.8, 4) is 0 Å². The quantitative estimate of drug-likeness (QED) is 0.664. The summed E-state index contributed by atoms with van der Waals surface area (Å²) in [4.78, 5) is 23.4. The van der Waals surface area contributed by atoms with Gasteiger partial charge in [0.15, 0.2) is 0 Å². The first kappa shape index (κ1) is 16.9. The van der Waals surface area contributed by atoms with E-state index in [2.05, 4.69) is 4.72 Å². The average Bonchev–Trinajstić information content (AvgIpc) is 2.98. The molecule has 2 aromatic rings. The lowest BCUT2D eigenvalue weighted by molar-refractivity contribution is -0.384. The second kappa shape index (κ2) is 6.17. The van der Waals surface area contributed by atoms with Crippen LogP contribution in [0.5, 0.6) is 0 Å². The lowest BCUT2D eigenvalue weighted by Gasteiger charge is -2.15. The van der Waals surface area contributed by atoms with Crippen molar-refractivity contribution in [1.29, 1.82) is 0 Å². The molecule has 0 aromatic heterocycles. The smallest absolute Gasteiger partial charge is 0.271 e. The number of non-ortho nitro benzene ring substituents is 1. The van der Waals surface area contributed by atoms with E-state index in [4.69, 9.17) is 0 Å². The molecule has 130 valence electrons. The SMILES string of the molecule is CC(=O)N1CCc2cc(S(=O)(=O)Nc3cccc([N+](=O)[O-])c3)ccc21. The molecular formula is C16H15N3O5S. The lowest BCUT2D eigenvalue weighted by atomic mass is 10.2. The Balaban J connectivity index is 1.90. The molecule has 1 aliphatic rings. The van der Waals surface area contributed by atoms with Crippen LogP contribution in [-0.2, 0) is 21.2 Å². The number of amides is 1. The Morgan fingerprint density at radius 3 is 2.68 bits per heavy atom. The molecule has 2 aromatic carbocycles. The van der Waals surface area contributed by atoms with E-state index < -0.39 is 14.9 Å². The number of benzene rings is 2. The van der Waals surface area contributed by atoms with E-state index in [1.807, 2.05) is 0 Å². The topological polar surface area (TPSA) is 110 Å². The van der Waals surface area contributed by atoms with Gasteiger partial charge in [0.2, 0.25) is 5.91 Å². The summed E-state index contributed by atoms with van der Waals surface area (Å²) >= 11 is 0. The highest BCUT2D eigenvalue weighted by Crippen LogP contribution is 2.31. The first-order chi connectivity index (χ1) is 11.8. The molecule has 25 heavy (non-hydrogen) atoms. The van der Waals surface area contributed by atoms with E-state index in [9.17, 15) is 23.3 Å². The monoisotopic (exact) mass is 361 g/mol. The zero-order valence-electron chi connectivity index (χ0n) is 13.3. The third-order valence-electron chi connectivity index (χ3n) is 3.95. The van der Waals surface area contributed by atoms with Crippen molar-refractivity contribution in [2.45, 2.75) is 18.2 Å². The van der Waals surface area contributed by atoms with Crippen LogP contribution in [0.3, 0.4) is 0 Å². The minimum atomic E-state index is -3.89. The van der Waals surface area contributed by atoms with Crippen molar-refractivity contribution in [3.63, 3.8) is 0 Å². The van der Waals surface area contributed by atoms with Crippen LogP contribution >= 0.6 is 0 Å². The molecule has 0 spiro atoms. The second-order valence-electron chi connectivity index (χ2n) is 5.62. The molecule has 0 unspecified atom stereocenters. The largest absolute Gasteiger partial charge is 0.312 e. The average molecular weight is 361 g/mol. The summed E-state index contributed by atoms with van der Waals surface area (Å²) < 4.78 is 27.4. The molecule has 0 atom stereocenters. The van der Waals surface area contributed by atoms with Crippen molar-refractivity contribution < 1.29 is 18.1 Å². The number of sulfonamides is 1. The van der Waals surface area contributed by atoms with Gasteiger partial charge in [0.25, 0.3) is 15.7 Å². The van der Waals surface area contributed by atoms with Gasteiger partial charge in [0.05, 0.1) is 15.5 Å². The maximum absolute atomic E-state index is 12.5. The summed E-state index contributed by atoms with van der Waals surface area (Å²) in [7, 11) is -3.89. The highest BCUT2D eigenvalue weighted by molar-refractivity contribution is 7.92. The second-order valence-corrected chi connectivity index (χ2v) is 7.31. The fourth-order valence-electron chi connectivity index (χ4n) is 2.77. The highest BCUT2D eigenvalue weighted by Gasteiger charge is 2.25. The number of carbonyl (C=O) groups is 1. The Morgan fingerprint density at radius 2 is 2.00 bits per heavy atom. The summed E-state index contributed by atoms with van der Waals surface area (Å²) in [5.74, 6) is -0.0934. The normalized spacial score (nSPS) is 13.4. The standard InChI is InChI=1S/C16H15N3O5S/c1-11(20)18-8-7-12-9-15(5-6-16(12)18)25(23,24)17-13-3-2-4-14(10-13)19(21)22/h2-6,9-10,17H,7-8H2,1H3. The molecule has 1 heterocycles. The van der Waals surface area contributed by atoms with Gasteiger partial charge in [-0.25, -0.2) is 8.42 Å². The molecule has 9 heteroatoms. The summed E-state index contributed by atoms with van der Waals surface area (Å²) in [6.07, 6.45) is 0.578. The van der Waals surface area contributed by atoms with Crippen LogP contribution in [-0.4, -0.2) is 25.8 Å². The van der Waals surface area contributed by atoms with Crippen LogP contribution in [0.25, 0.3) is 0 Å². The molecular weight excluding hydrogens is 346 g/mol. The maximum Gasteiger partial charge on any atom is 0.271 e. The molecule has 0 saturated carbocycles. The van der Waals surface area contributed by atoms with E-state index in [0.29, 0.717) is 18.7 Å². The van der Waals surface area contributed by atoms with Crippen molar-refractivity contribution >= 4 is 33.0 Å². The summed E-state index contributed by atoms with van der Waals surface area (Å²) in [5.41, 5.74) is 1.39. The third kappa shape index (κ3) is 3.31. The zero-order chi connectivity index (χ0) is 18.2. The van der Waals surface area contributed by atoms with Gasteiger partial charge < -0.3 is 4.90 Å². The van der Waals surface area contributed by atoms with Crippen LogP contribution in [0.2, 0.25) is 0 Å². The van der Waals surface area contributed by atoms with E-state index in [-0.39, 0.29) is 22.2 Å². The first-order valence-electron chi connectivity index (χ1n) is 7.46. The number of hydrogen-bond donors (Lipinski definition) is 1. The first-order valence-corrected chi connectivity index (χ1v) is 8.94. The van der Waals surface area contributed by atoms with Gasteiger partial charge in [-0.15, -0.1) is 0 Å². The molecule has 1 amide bonds. The van der Waals surface area contributed by atoms with Gasteiger partial charge in [-0.3, -0.25) is 19.6 Å². The number of fused-ring (bicyclic) bond motifs is 1. The molecule has 0 fully saturated rings. The molecule has 1 N–H and O–H groups in total. The maximum atomic E-state index is 12.5. The Bertz CT molecular complexity index is 971. The van der Waals surface area contributed by atoms with Crippen LogP contribution in [0.1, 0.15) is 12.5 Å². The van der Waals surface area contributed by atoms with Crippen LogP contribution in [0.15, 0.2) is 47.4 Å². The van der Waals surface area contributed by atoms with E-state index in [1.54, 1.807) is 11.0 Å². The van der Waals surface area contributed by atoms with Gasteiger partial charge in [-0.2, -0.15) is 0 Å². The number of nitro groups is 1. The molecule has 0 bridgehead atoms. The van der Waals surface area contributed by atoms with Crippen molar-refractivity contribution in [3.05, 3.63) is 58.1 Å². The van der Waals surface area contributed by atoms with Crippen LogP contribution < -0.4 is 9.62 Å². The molecule has 0 radical (unpaired) electrons. The van der Waals surface area contributed by atoms with Gasteiger partial charge in [-0.1, -0.05) is 6.07 Å². The molecule has 1 aliphatic heterocycles. The number of nitro benzene ring substituents is 1. The Hall–Kier alpha value is -2.94. The number of nitrogens with zero attached hydrogens (tertiary/aromatic N) is 2. The van der Waals surface area contributed by atoms with Gasteiger partial charge in [0, 0.05) is 31.3 Å². The van der Waals surface area contributed by atoms with Gasteiger partial charge >= 0.3 is 0 Å². The number of rotatable bonds is 4. The zero-order valence-corrected chi connectivity index (χ0v) is 14.1. The van der Waals surface area contributed by atoms with Gasteiger partial charge in [-0.05, 0) is 36.2 Å². The lowest BCUT2D eigenvalue weighted by Crippen LogP contribution is -2.25. The Kier molecular flexibility index (Phi) is 4.17. The molecule has 3 rings (SSSR count). The Morgan fingerprint density at radius 1 is 1.24 bits per heavy atom. The van der Waals surface area contributed by atoms with E-state index in [0.717, 1.165) is 11.6 Å². The Labute approximate surface area is 144 Å². The van der Waals surface area contributed by atoms with Crippen molar-refractivity contribution in [2.24, 2.45) is 0 Å². The summed E-state index contributed by atoms with van der Waals surface area (Å²) in [6, 6.07) is 9.83. The minimum absolute atomic E-state index is 0.0446. The van der Waals surface area contributed by atoms with Crippen LogP contribution in [0, 0.1) is 10.1 Å². The number of carbonyl (C=O) groups excluding carboxylic acids is 1. The highest BCUT2D eigenvalue weighted by atomic mass is 32.2. The summed E-state index contributed by atoms with van der Waals surface area (Å²) in [6.45, 7) is 1.98. The van der Waals surface area contributed by atoms with E-state index >= 15 is 0 Å². The van der Waals surface area contributed by atoms with Crippen molar-refractivity contribution in [1.82, 2.24) is 0 Å². The number of hydrogen-bond acceptors (Lipinski definition) is 5. The number of anilines is 2. The van der Waals surface area contributed by atoms with Crippen molar-refractivity contribution in [2.75, 3.05) is 16.2 Å². The fraction of sp³-hybridized carbons (Fsp3) is 0.188.